The van der Waals surface area contributed by atoms with E-state index in [-0.39, 0.29) is 22.3 Å². The second-order valence-electron chi connectivity index (χ2n) is 3.90. The molecule has 0 unspecified atom stereocenters. The highest BCUT2D eigenvalue weighted by molar-refractivity contribution is 7.92. The summed E-state index contributed by atoms with van der Waals surface area (Å²) in [6, 6.07) is 10.8. The number of hydrogen-bond donors (Lipinski definition) is 2. The second kappa shape index (κ2) is 6.59. The largest absolute Gasteiger partial charge is 0.384 e. The lowest BCUT2D eigenvalue weighted by molar-refractivity contribution is 0.350. The molecule has 5 nitrogen and oxygen atoms in total. The van der Waals surface area contributed by atoms with Crippen LogP contribution in [0, 0.1) is 11.8 Å². The van der Waals surface area contributed by atoms with Crippen LogP contribution in [0.1, 0.15) is 5.69 Å². The molecule has 7 heteroatoms. The van der Waals surface area contributed by atoms with Gasteiger partial charge in [0.15, 0.2) is 0 Å². The van der Waals surface area contributed by atoms with E-state index in [2.05, 4.69) is 21.5 Å². The van der Waals surface area contributed by atoms with Crippen LogP contribution in [-0.4, -0.2) is 25.1 Å². The molecule has 0 spiro atoms. The molecule has 1 aromatic carbocycles. The zero-order chi connectivity index (χ0) is 15.3. The summed E-state index contributed by atoms with van der Waals surface area (Å²) in [6.45, 7) is -0.294. The maximum atomic E-state index is 12.2. The zero-order valence-electron chi connectivity index (χ0n) is 10.7. The van der Waals surface area contributed by atoms with Crippen molar-refractivity contribution in [1.82, 2.24) is 4.98 Å². The lowest BCUT2D eigenvalue weighted by Gasteiger charge is -2.08. The van der Waals surface area contributed by atoms with Gasteiger partial charge in [-0.15, -0.1) is 0 Å². The van der Waals surface area contributed by atoms with Crippen molar-refractivity contribution in [2.75, 3.05) is 11.3 Å². The number of aliphatic hydroxyl groups is 1. The number of anilines is 1. The SMILES string of the molecule is O=S(=O)(Nc1cccc(C#CCO)n1)c1ccccc1Cl. The van der Waals surface area contributed by atoms with Crippen molar-refractivity contribution in [2.24, 2.45) is 0 Å². The van der Waals surface area contributed by atoms with Gasteiger partial charge < -0.3 is 5.11 Å². The normalized spacial score (nSPS) is 10.6. The maximum Gasteiger partial charge on any atom is 0.264 e. The van der Waals surface area contributed by atoms with Gasteiger partial charge in [0.05, 0.1) is 5.02 Å². The summed E-state index contributed by atoms with van der Waals surface area (Å²) >= 11 is 5.89. The molecule has 0 atom stereocenters. The fourth-order valence-electron chi connectivity index (χ4n) is 1.55. The highest BCUT2D eigenvalue weighted by atomic mass is 35.5. The van der Waals surface area contributed by atoms with Gasteiger partial charge in [-0.1, -0.05) is 35.7 Å². The number of nitrogens with zero attached hydrogens (tertiary/aromatic N) is 1. The average molecular weight is 323 g/mol. The van der Waals surface area contributed by atoms with Crippen molar-refractivity contribution in [3.8, 4) is 11.8 Å². The van der Waals surface area contributed by atoms with E-state index >= 15 is 0 Å². The molecule has 0 aliphatic heterocycles. The van der Waals surface area contributed by atoms with Crippen LogP contribution in [0.5, 0.6) is 0 Å². The van der Waals surface area contributed by atoms with Crippen LogP contribution >= 0.6 is 11.6 Å². The van der Waals surface area contributed by atoms with Gasteiger partial charge >= 0.3 is 0 Å². The van der Waals surface area contributed by atoms with E-state index in [1.807, 2.05) is 0 Å². The van der Waals surface area contributed by atoms with Crippen molar-refractivity contribution in [3.63, 3.8) is 0 Å². The molecule has 0 saturated heterocycles. The minimum atomic E-state index is -3.82. The number of pyridine rings is 1. The van der Waals surface area contributed by atoms with Gasteiger partial charge in [0.2, 0.25) is 0 Å². The van der Waals surface area contributed by atoms with Gasteiger partial charge in [-0.2, -0.15) is 0 Å². The smallest absolute Gasteiger partial charge is 0.264 e. The molecule has 0 bridgehead atoms. The Bertz CT molecular complexity index is 810. The van der Waals surface area contributed by atoms with E-state index in [0.29, 0.717) is 5.69 Å². The van der Waals surface area contributed by atoms with Gasteiger partial charge in [-0.05, 0) is 30.2 Å². The number of hydrogen-bond acceptors (Lipinski definition) is 4. The van der Waals surface area contributed by atoms with Gasteiger partial charge in [0, 0.05) is 0 Å². The standard InChI is InChI=1S/C14H11ClN2O3S/c15-12-7-1-2-8-13(12)21(19,20)17-14-9-3-5-11(16-14)6-4-10-18/h1-3,5,7-9,18H,10H2,(H,16,17). The molecule has 0 aliphatic carbocycles. The number of nitrogens with one attached hydrogen (secondary N) is 1. The molecule has 2 rings (SSSR count). The molecular weight excluding hydrogens is 312 g/mol. The molecule has 1 aromatic heterocycles. The van der Waals surface area contributed by atoms with E-state index in [9.17, 15) is 8.42 Å². The molecule has 1 heterocycles. The van der Waals surface area contributed by atoms with Crippen LogP contribution in [0.25, 0.3) is 0 Å². The first-order valence-electron chi connectivity index (χ1n) is 5.87. The molecule has 2 aromatic rings. The van der Waals surface area contributed by atoms with Crippen LogP contribution in [0.4, 0.5) is 5.82 Å². The Morgan fingerprint density at radius 2 is 1.95 bits per heavy atom. The van der Waals surface area contributed by atoms with Crippen molar-refractivity contribution in [1.29, 1.82) is 0 Å². The number of benzene rings is 1. The third-order valence-corrected chi connectivity index (χ3v) is 4.26. The van der Waals surface area contributed by atoms with Gasteiger partial charge in [-0.3, -0.25) is 4.72 Å². The Kier molecular flexibility index (Phi) is 4.81. The molecular formula is C14H11ClN2O3S. The van der Waals surface area contributed by atoms with Crippen LogP contribution in [0.3, 0.4) is 0 Å². The lowest BCUT2D eigenvalue weighted by Crippen LogP contribution is -2.14. The Labute approximate surface area is 127 Å². The van der Waals surface area contributed by atoms with Gasteiger partial charge in [-0.25, -0.2) is 13.4 Å². The summed E-state index contributed by atoms with van der Waals surface area (Å²) in [4.78, 5) is 4.01. The molecule has 0 amide bonds. The highest BCUT2D eigenvalue weighted by Crippen LogP contribution is 2.22. The summed E-state index contributed by atoms with van der Waals surface area (Å²) in [5.74, 6) is 5.16. The van der Waals surface area contributed by atoms with Gasteiger partial charge in [0.1, 0.15) is 23.0 Å². The molecule has 21 heavy (non-hydrogen) atoms. The Morgan fingerprint density at radius 1 is 1.19 bits per heavy atom. The molecule has 2 N–H and O–H groups in total. The molecule has 108 valence electrons. The van der Waals surface area contributed by atoms with E-state index in [1.165, 1.54) is 18.2 Å². The zero-order valence-corrected chi connectivity index (χ0v) is 12.3. The minimum Gasteiger partial charge on any atom is -0.384 e. The molecule has 0 radical (unpaired) electrons. The number of halogens is 1. The van der Waals surface area contributed by atoms with Crippen LogP contribution in [0.15, 0.2) is 47.4 Å². The number of aliphatic hydroxyl groups excluding tert-OH is 1. The topological polar surface area (TPSA) is 79.3 Å². The fourth-order valence-corrected chi connectivity index (χ4v) is 3.07. The summed E-state index contributed by atoms with van der Waals surface area (Å²) < 4.78 is 26.8. The number of aromatic nitrogens is 1. The van der Waals surface area contributed by atoms with Gasteiger partial charge in [0.25, 0.3) is 10.0 Å². The third-order valence-electron chi connectivity index (χ3n) is 2.41. The van der Waals surface area contributed by atoms with Crippen molar-refractivity contribution in [3.05, 3.63) is 53.2 Å². The minimum absolute atomic E-state index is 0.0275. The van der Waals surface area contributed by atoms with E-state index in [4.69, 9.17) is 16.7 Å². The first kappa shape index (κ1) is 15.3. The average Bonchev–Trinajstić information content (AvgIpc) is 2.45. The van der Waals surface area contributed by atoms with E-state index in [1.54, 1.807) is 24.3 Å². The predicted molar refractivity (Wildman–Crippen MR) is 80.5 cm³/mol. The predicted octanol–water partition coefficient (Wildman–Crippen LogP) is 1.88. The first-order valence-corrected chi connectivity index (χ1v) is 7.73. The molecule has 0 aliphatic rings. The molecule has 0 fully saturated rings. The summed E-state index contributed by atoms with van der Waals surface area (Å²) in [7, 11) is -3.82. The summed E-state index contributed by atoms with van der Waals surface area (Å²) in [5, 5.41) is 8.76. The second-order valence-corrected chi connectivity index (χ2v) is 5.96. The Morgan fingerprint density at radius 3 is 2.67 bits per heavy atom. The lowest BCUT2D eigenvalue weighted by atomic mass is 10.3. The fraction of sp³-hybridized carbons (Fsp3) is 0.0714. The molecule has 0 saturated carbocycles. The van der Waals surface area contributed by atoms with Crippen LogP contribution < -0.4 is 4.72 Å². The van der Waals surface area contributed by atoms with Crippen LogP contribution in [-0.2, 0) is 10.0 Å². The summed E-state index contributed by atoms with van der Waals surface area (Å²) in [5.41, 5.74) is 0.350. The highest BCUT2D eigenvalue weighted by Gasteiger charge is 2.17. The number of sulfonamides is 1. The van der Waals surface area contributed by atoms with Crippen LogP contribution in [0.2, 0.25) is 5.02 Å². The Balaban J connectivity index is 2.31. The number of rotatable bonds is 3. The maximum absolute atomic E-state index is 12.2. The Hall–Kier alpha value is -2.07. The quantitative estimate of drug-likeness (QED) is 0.846. The van der Waals surface area contributed by atoms with Crippen molar-refractivity contribution in [2.45, 2.75) is 4.90 Å². The third kappa shape index (κ3) is 3.95. The van der Waals surface area contributed by atoms with Crippen molar-refractivity contribution >= 4 is 27.4 Å². The monoisotopic (exact) mass is 322 g/mol. The van der Waals surface area contributed by atoms with E-state index in [0.717, 1.165) is 0 Å². The first-order chi connectivity index (χ1) is 10.0. The van der Waals surface area contributed by atoms with E-state index < -0.39 is 10.0 Å². The van der Waals surface area contributed by atoms with Crippen molar-refractivity contribution < 1.29 is 13.5 Å². The summed E-state index contributed by atoms with van der Waals surface area (Å²) in [6.07, 6.45) is 0.